The van der Waals surface area contributed by atoms with Crippen LogP contribution in [0.1, 0.15) is 11.5 Å². The summed E-state index contributed by atoms with van der Waals surface area (Å²) in [7, 11) is 1.92. The van der Waals surface area contributed by atoms with Crippen LogP contribution >= 0.6 is 0 Å². The first-order valence-electron chi connectivity index (χ1n) is 8.93. The van der Waals surface area contributed by atoms with E-state index in [1.807, 2.05) is 39.4 Å². The van der Waals surface area contributed by atoms with Crippen LogP contribution in [0.15, 0.2) is 41.2 Å². The summed E-state index contributed by atoms with van der Waals surface area (Å²) in [5.41, 5.74) is 6.01. The number of rotatable bonds is 6. The van der Waals surface area contributed by atoms with Gasteiger partial charge < -0.3 is 20.1 Å². The third kappa shape index (κ3) is 3.29. The molecule has 0 amide bonds. The van der Waals surface area contributed by atoms with Crippen molar-refractivity contribution in [2.75, 3.05) is 25.5 Å². The zero-order valence-corrected chi connectivity index (χ0v) is 15.6. The highest BCUT2D eigenvalue weighted by molar-refractivity contribution is 5.94. The van der Waals surface area contributed by atoms with Gasteiger partial charge in [-0.3, -0.25) is 0 Å². The summed E-state index contributed by atoms with van der Waals surface area (Å²) >= 11 is 0. The van der Waals surface area contributed by atoms with Crippen LogP contribution in [-0.4, -0.2) is 40.2 Å². The predicted molar refractivity (Wildman–Crippen MR) is 107 cm³/mol. The van der Waals surface area contributed by atoms with Gasteiger partial charge in [0.2, 0.25) is 5.95 Å². The summed E-state index contributed by atoms with van der Waals surface area (Å²) in [6.07, 6.45) is 3.83. The Kier molecular flexibility index (Phi) is 4.60. The van der Waals surface area contributed by atoms with Gasteiger partial charge >= 0.3 is 0 Å². The number of benzene rings is 1. The molecule has 138 valence electrons. The van der Waals surface area contributed by atoms with Crippen molar-refractivity contribution in [3.63, 3.8) is 0 Å². The fraction of sp³-hybridized carbons (Fsp3) is 0.250. The molecular weight excluding hydrogens is 340 g/mol. The van der Waals surface area contributed by atoms with E-state index in [0.29, 0.717) is 5.95 Å². The van der Waals surface area contributed by atoms with E-state index in [0.717, 1.165) is 57.8 Å². The molecule has 3 heterocycles. The van der Waals surface area contributed by atoms with Gasteiger partial charge in [-0.15, -0.1) is 0 Å². The summed E-state index contributed by atoms with van der Waals surface area (Å²) in [4.78, 5) is 12.3. The first-order chi connectivity index (χ1) is 13.2. The maximum Gasteiger partial charge on any atom is 0.224 e. The second-order valence-corrected chi connectivity index (χ2v) is 6.47. The second kappa shape index (κ2) is 7.20. The molecule has 0 fully saturated rings. The Morgan fingerprint density at radius 3 is 2.78 bits per heavy atom. The molecule has 0 aliphatic carbocycles. The number of fused-ring (bicyclic) bond motifs is 1. The SMILES string of the molecule is CNCCNc1ncc2c(-c3cccc(-c4c(C)noc4C)c3)c[nH]c2n1. The number of hydrogen-bond donors (Lipinski definition) is 3. The molecule has 4 rings (SSSR count). The predicted octanol–water partition coefficient (Wildman–Crippen LogP) is 3.53. The fourth-order valence-electron chi connectivity index (χ4n) is 3.27. The number of anilines is 1. The first kappa shape index (κ1) is 17.2. The van der Waals surface area contributed by atoms with E-state index in [1.165, 1.54) is 0 Å². The van der Waals surface area contributed by atoms with Crippen molar-refractivity contribution < 1.29 is 4.52 Å². The molecule has 0 aliphatic rings. The molecule has 7 nitrogen and oxygen atoms in total. The van der Waals surface area contributed by atoms with Crippen LogP contribution in [0.4, 0.5) is 5.95 Å². The zero-order valence-electron chi connectivity index (χ0n) is 15.6. The molecule has 0 bridgehead atoms. The van der Waals surface area contributed by atoms with Gasteiger partial charge in [-0.05, 0) is 38.1 Å². The van der Waals surface area contributed by atoms with Crippen LogP contribution < -0.4 is 10.6 Å². The highest BCUT2D eigenvalue weighted by atomic mass is 16.5. The Morgan fingerprint density at radius 1 is 1.15 bits per heavy atom. The summed E-state index contributed by atoms with van der Waals surface area (Å²) in [5.74, 6) is 1.44. The van der Waals surface area contributed by atoms with Crippen molar-refractivity contribution in [3.8, 4) is 22.3 Å². The third-order valence-corrected chi connectivity index (χ3v) is 4.59. The van der Waals surface area contributed by atoms with Gasteiger partial charge in [-0.1, -0.05) is 23.4 Å². The highest BCUT2D eigenvalue weighted by Gasteiger charge is 2.14. The molecule has 0 unspecified atom stereocenters. The minimum absolute atomic E-state index is 0.621. The van der Waals surface area contributed by atoms with Crippen LogP contribution in [0, 0.1) is 13.8 Å². The van der Waals surface area contributed by atoms with Crippen molar-refractivity contribution in [3.05, 3.63) is 48.1 Å². The van der Waals surface area contributed by atoms with Crippen LogP contribution in [0.25, 0.3) is 33.3 Å². The number of hydrogen-bond acceptors (Lipinski definition) is 6. The topological polar surface area (TPSA) is 91.7 Å². The van der Waals surface area contributed by atoms with Crippen molar-refractivity contribution in [1.82, 2.24) is 25.4 Å². The molecule has 0 spiro atoms. The number of aryl methyl sites for hydroxylation is 2. The van der Waals surface area contributed by atoms with Gasteiger partial charge in [0.1, 0.15) is 11.4 Å². The third-order valence-electron chi connectivity index (χ3n) is 4.59. The Hall–Kier alpha value is -3.19. The number of H-pyrrole nitrogens is 1. The number of nitrogens with zero attached hydrogens (tertiary/aromatic N) is 3. The van der Waals surface area contributed by atoms with Gasteiger partial charge in [-0.2, -0.15) is 4.98 Å². The van der Waals surface area contributed by atoms with Crippen molar-refractivity contribution in [1.29, 1.82) is 0 Å². The van der Waals surface area contributed by atoms with Crippen LogP contribution in [0.5, 0.6) is 0 Å². The summed E-state index contributed by atoms with van der Waals surface area (Å²) in [5, 5.41) is 11.3. The van der Waals surface area contributed by atoms with Crippen LogP contribution in [0.2, 0.25) is 0 Å². The molecule has 0 saturated heterocycles. The Labute approximate surface area is 157 Å². The minimum atomic E-state index is 0.621. The Morgan fingerprint density at radius 2 is 2.00 bits per heavy atom. The zero-order chi connectivity index (χ0) is 18.8. The maximum atomic E-state index is 5.32. The average molecular weight is 362 g/mol. The highest BCUT2D eigenvalue weighted by Crippen LogP contribution is 2.33. The molecule has 0 aliphatic heterocycles. The van der Waals surface area contributed by atoms with E-state index in [9.17, 15) is 0 Å². The molecule has 4 aromatic rings. The van der Waals surface area contributed by atoms with E-state index in [-0.39, 0.29) is 0 Å². The second-order valence-electron chi connectivity index (χ2n) is 6.47. The maximum absolute atomic E-state index is 5.32. The molecule has 1 aromatic carbocycles. The van der Waals surface area contributed by atoms with E-state index in [2.05, 4.69) is 48.9 Å². The standard InChI is InChI=1S/C20H22N6O/c1-12-18(13(2)27-26-12)15-6-4-5-14(9-15)16-10-23-19-17(16)11-24-20(25-19)22-8-7-21-3/h4-6,9-11,21H,7-8H2,1-3H3,(H2,22,23,24,25). The first-order valence-corrected chi connectivity index (χ1v) is 8.93. The van der Waals surface area contributed by atoms with E-state index in [1.54, 1.807) is 0 Å². The molecule has 7 heteroatoms. The van der Waals surface area contributed by atoms with Gasteiger partial charge in [0, 0.05) is 42.0 Å². The van der Waals surface area contributed by atoms with E-state index >= 15 is 0 Å². The van der Waals surface area contributed by atoms with Crippen molar-refractivity contribution >= 4 is 17.0 Å². The summed E-state index contributed by atoms with van der Waals surface area (Å²) in [6, 6.07) is 8.35. The van der Waals surface area contributed by atoms with Gasteiger partial charge in [0.05, 0.1) is 5.69 Å². The molecular formula is C20H22N6O. The number of aromatic nitrogens is 4. The molecule has 0 atom stereocenters. The van der Waals surface area contributed by atoms with Gasteiger partial charge in [0.15, 0.2) is 0 Å². The van der Waals surface area contributed by atoms with Crippen molar-refractivity contribution in [2.45, 2.75) is 13.8 Å². The Bertz CT molecular complexity index is 1060. The summed E-state index contributed by atoms with van der Waals surface area (Å²) in [6.45, 7) is 5.52. The molecule has 3 N–H and O–H groups in total. The van der Waals surface area contributed by atoms with E-state index in [4.69, 9.17) is 4.52 Å². The quantitative estimate of drug-likeness (QED) is 0.455. The number of nitrogens with one attached hydrogen (secondary N) is 3. The fourth-order valence-corrected chi connectivity index (χ4v) is 3.27. The van der Waals surface area contributed by atoms with Crippen LogP contribution in [0.3, 0.4) is 0 Å². The lowest BCUT2D eigenvalue weighted by Gasteiger charge is -2.06. The summed E-state index contributed by atoms with van der Waals surface area (Å²) < 4.78 is 5.32. The lowest BCUT2D eigenvalue weighted by atomic mass is 9.98. The smallest absolute Gasteiger partial charge is 0.224 e. The van der Waals surface area contributed by atoms with Gasteiger partial charge in [-0.25, -0.2) is 4.98 Å². The van der Waals surface area contributed by atoms with Crippen molar-refractivity contribution in [2.24, 2.45) is 0 Å². The van der Waals surface area contributed by atoms with E-state index < -0.39 is 0 Å². The largest absolute Gasteiger partial charge is 0.361 e. The number of likely N-dealkylation sites (N-methyl/N-ethyl adjacent to an activating group) is 1. The molecule has 27 heavy (non-hydrogen) atoms. The lowest BCUT2D eigenvalue weighted by molar-refractivity contribution is 0.393. The minimum Gasteiger partial charge on any atom is -0.361 e. The van der Waals surface area contributed by atoms with Gasteiger partial charge in [0.25, 0.3) is 0 Å². The molecule has 0 saturated carbocycles. The van der Waals surface area contributed by atoms with Crippen LogP contribution in [-0.2, 0) is 0 Å². The normalized spacial score (nSPS) is 11.2. The molecule has 3 aromatic heterocycles. The Balaban J connectivity index is 1.69. The number of aromatic amines is 1. The lowest BCUT2D eigenvalue weighted by Crippen LogP contribution is -2.18. The average Bonchev–Trinajstić information content (AvgIpc) is 3.25. The molecule has 0 radical (unpaired) electrons. The monoisotopic (exact) mass is 362 g/mol.